The van der Waals surface area contributed by atoms with Crippen molar-refractivity contribution in [1.29, 1.82) is 0 Å². The van der Waals surface area contributed by atoms with E-state index in [4.69, 9.17) is 16.3 Å². The van der Waals surface area contributed by atoms with E-state index in [1.165, 1.54) is 0 Å². The van der Waals surface area contributed by atoms with Crippen molar-refractivity contribution >= 4 is 29.3 Å². The summed E-state index contributed by atoms with van der Waals surface area (Å²) >= 11 is 6.11. The van der Waals surface area contributed by atoms with Gasteiger partial charge in [-0.1, -0.05) is 66.2 Å². The predicted octanol–water partition coefficient (Wildman–Crippen LogP) is 3.52. The number of allylic oxidation sites excluding steroid dienone is 1. The molecule has 1 atom stereocenters. The van der Waals surface area contributed by atoms with E-state index < -0.39 is 18.0 Å². The lowest BCUT2D eigenvalue weighted by atomic mass is 10.1. The molecule has 0 aliphatic carbocycles. The summed E-state index contributed by atoms with van der Waals surface area (Å²) in [6.45, 7) is 0.130. The summed E-state index contributed by atoms with van der Waals surface area (Å²) in [4.78, 5) is 28.0. The fourth-order valence-corrected chi connectivity index (χ4v) is 2.55. The highest BCUT2D eigenvalue weighted by Crippen LogP contribution is 2.18. The van der Waals surface area contributed by atoms with Gasteiger partial charge < -0.3 is 10.1 Å². The fourth-order valence-electron chi connectivity index (χ4n) is 2.32. The lowest BCUT2D eigenvalue weighted by Gasteiger charge is -2.16. The van der Waals surface area contributed by atoms with Gasteiger partial charge in [-0.15, -0.1) is 0 Å². The van der Waals surface area contributed by atoms with Gasteiger partial charge in [-0.05, 0) is 17.7 Å². The molecule has 2 aromatic rings. The van der Waals surface area contributed by atoms with Crippen molar-refractivity contribution in [3.8, 4) is 0 Å². The Balaban J connectivity index is 1.59. The highest BCUT2D eigenvalue weighted by atomic mass is 35.5. The van der Waals surface area contributed by atoms with Crippen LogP contribution in [0.2, 0.25) is 5.02 Å². The SMILES string of the molecule is O=C(NC1C=CC(c2ccccc2Cl)=NC1=O)OCc1ccccc1. The van der Waals surface area contributed by atoms with Gasteiger partial charge in [0.25, 0.3) is 5.91 Å². The molecule has 0 radical (unpaired) electrons. The Hall–Kier alpha value is -2.92. The van der Waals surface area contributed by atoms with Crippen molar-refractivity contribution in [3.05, 3.63) is 82.9 Å². The highest BCUT2D eigenvalue weighted by Gasteiger charge is 2.23. The van der Waals surface area contributed by atoms with E-state index >= 15 is 0 Å². The van der Waals surface area contributed by atoms with Crippen LogP contribution in [-0.2, 0) is 16.1 Å². The molecule has 5 nitrogen and oxygen atoms in total. The Morgan fingerprint density at radius 1 is 1.12 bits per heavy atom. The van der Waals surface area contributed by atoms with Crippen LogP contribution < -0.4 is 5.32 Å². The Morgan fingerprint density at radius 2 is 1.84 bits per heavy atom. The third-order valence-corrected chi connectivity index (χ3v) is 3.91. The van der Waals surface area contributed by atoms with Crippen molar-refractivity contribution in [2.24, 2.45) is 4.99 Å². The third-order valence-electron chi connectivity index (χ3n) is 3.58. The van der Waals surface area contributed by atoms with Crippen molar-refractivity contribution in [2.75, 3.05) is 0 Å². The Morgan fingerprint density at radius 3 is 2.56 bits per heavy atom. The molecular weight excluding hydrogens is 340 g/mol. The maximum atomic E-state index is 12.1. The zero-order valence-corrected chi connectivity index (χ0v) is 13.9. The van der Waals surface area contributed by atoms with Gasteiger partial charge in [-0.25, -0.2) is 9.79 Å². The van der Waals surface area contributed by atoms with Crippen LogP contribution in [0.15, 0.2) is 71.7 Å². The topological polar surface area (TPSA) is 67.8 Å². The summed E-state index contributed by atoms with van der Waals surface area (Å²) in [6.07, 6.45) is 2.55. The first-order valence-electron chi connectivity index (χ1n) is 7.66. The summed E-state index contributed by atoms with van der Waals surface area (Å²) in [6, 6.07) is 15.5. The maximum Gasteiger partial charge on any atom is 0.408 e. The molecule has 0 saturated carbocycles. The monoisotopic (exact) mass is 354 g/mol. The molecule has 0 aromatic heterocycles. The minimum atomic E-state index is -0.852. The minimum absolute atomic E-state index is 0.130. The summed E-state index contributed by atoms with van der Waals surface area (Å²) in [5.41, 5.74) is 1.99. The number of nitrogens with one attached hydrogen (secondary N) is 1. The zero-order valence-electron chi connectivity index (χ0n) is 13.2. The molecular formula is C19H15ClN2O3. The fraction of sp³-hybridized carbons (Fsp3) is 0.105. The minimum Gasteiger partial charge on any atom is -0.445 e. The highest BCUT2D eigenvalue weighted by molar-refractivity contribution is 6.35. The first kappa shape index (κ1) is 16.9. The lowest BCUT2D eigenvalue weighted by molar-refractivity contribution is -0.118. The van der Waals surface area contributed by atoms with Crippen LogP contribution >= 0.6 is 11.6 Å². The Bertz CT molecular complexity index is 847. The molecule has 1 aliphatic heterocycles. The van der Waals surface area contributed by atoms with E-state index in [1.54, 1.807) is 30.4 Å². The molecule has 0 fully saturated rings. The van der Waals surface area contributed by atoms with Crippen LogP contribution in [0, 0.1) is 0 Å². The number of amides is 2. The first-order chi connectivity index (χ1) is 12.1. The normalized spacial score (nSPS) is 16.3. The second kappa shape index (κ2) is 7.77. The van der Waals surface area contributed by atoms with Crippen LogP contribution in [0.5, 0.6) is 0 Å². The van der Waals surface area contributed by atoms with Crippen molar-refractivity contribution in [3.63, 3.8) is 0 Å². The van der Waals surface area contributed by atoms with Crippen LogP contribution in [-0.4, -0.2) is 23.8 Å². The summed E-state index contributed by atoms with van der Waals surface area (Å²) in [5, 5.41) is 2.99. The number of hydrogen-bond donors (Lipinski definition) is 1. The van der Waals surface area contributed by atoms with Crippen LogP contribution in [0.3, 0.4) is 0 Å². The second-order valence-corrected chi connectivity index (χ2v) is 5.77. The molecule has 1 heterocycles. The quantitative estimate of drug-likeness (QED) is 0.913. The average Bonchev–Trinajstić information content (AvgIpc) is 2.63. The lowest BCUT2D eigenvalue weighted by Crippen LogP contribution is -2.40. The van der Waals surface area contributed by atoms with E-state index in [0.717, 1.165) is 5.56 Å². The number of hydrogen-bond acceptors (Lipinski definition) is 3. The average molecular weight is 355 g/mol. The molecule has 0 bridgehead atoms. The number of rotatable bonds is 4. The molecule has 126 valence electrons. The van der Waals surface area contributed by atoms with Gasteiger partial charge in [0.1, 0.15) is 12.6 Å². The van der Waals surface area contributed by atoms with Crippen molar-refractivity contribution in [1.82, 2.24) is 5.32 Å². The Labute approximate surface area is 150 Å². The van der Waals surface area contributed by atoms with Gasteiger partial charge in [0.2, 0.25) is 0 Å². The second-order valence-electron chi connectivity index (χ2n) is 5.36. The number of alkyl carbamates (subject to hydrolysis) is 1. The van der Waals surface area contributed by atoms with E-state index in [0.29, 0.717) is 16.3 Å². The van der Waals surface area contributed by atoms with Gasteiger partial charge in [0.05, 0.1) is 5.71 Å². The third kappa shape index (κ3) is 4.33. The van der Waals surface area contributed by atoms with Crippen LogP contribution in [0.4, 0.5) is 4.79 Å². The molecule has 0 spiro atoms. The summed E-state index contributed by atoms with van der Waals surface area (Å²) in [5.74, 6) is -0.478. The molecule has 1 unspecified atom stereocenters. The first-order valence-corrected chi connectivity index (χ1v) is 8.04. The van der Waals surface area contributed by atoms with Crippen LogP contribution in [0.25, 0.3) is 0 Å². The molecule has 2 amide bonds. The van der Waals surface area contributed by atoms with Gasteiger partial charge in [0, 0.05) is 10.6 Å². The van der Waals surface area contributed by atoms with Gasteiger partial charge in [-0.3, -0.25) is 4.79 Å². The predicted molar refractivity (Wildman–Crippen MR) is 95.7 cm³/mol. The number of aliphatic imine (C=N–C) groups is 1. The molecule has 2 aromatic carbocycles. The molecule has 1 N–H and O–H groups in total. The van der Waals surface area contributed by atoms with Crippen LogP contribution in [0.1, 0.15) is 11.1 Å². The van der Waals surface area contributed by atoms with Gasteiger partial charge in [0.15, 0.2) is 0 Å². The van der Waals surface area contributed by atoms with Crippen molar-refractivity contribution in [2.45, 2.75) is 12.6 Å². The maximum absolute atomic E-state index is 12.1. The zero-order chi connectivity index (χ0) is 17.6. The number of ether oxygens (including phenoxy) is 1. The number of nitrogens with zero attached hydrogens (tertiary/aromatic N) is 1. The number of carbonyl (C=O) groups is 2. The smallest absolute Gasteiger partial charge is 0.408 e. The molecule has 1 aliphatic rings. The molecule has 3 rings (SSSR count). The van der Waals surface area contributed by atoms with Gasteiger partial charge in [-0.2, -0.15) is 0 Å². The molecule has 25 heavy (non-hydrogen) atoms. The standard InChI is InChI=1S/C19H15ClN2O3/c20-15-9-5-4-8-14(15)16-10-11-17(18(23)21-16)22-19(24)25-12-13-6-2-1-3-7-13/h1-11,17H,12H2,(H,22,24). The van der Waals surface area contributed by atoms with E-state index in [2.05, 4.69) is 10.3 Å². The summed E-state index contributed by atoms with van der Waals surface area (Å²) in [7, 11) is 0. The number of benzene rings is 2. The largest absolute Gasteiger partial charge is 0.445 e. The number of halogens is 1. The van der Waals surface area contributed by atoms with Gasteiger partial charge >= 0.3 is 6.09 Å². The number of dihydropyridines is 1. The molecule has 0 saturated heterocycles. The van der Waals surface area contributed by atoms with E-state index in [9.17, 15) is 9.59 Å². The summed E-state index contributed by atoms with van der Waals surface area (Å²) < 4.78 is 5.10. The van der Waals surface area contributed by atoms with Crippen molar-refractivity contribution < 1.29 is 14.3 Å². The van der Waals surface area contributed by atoms with E-state index in [1.807, 2.05) is 36.4 Å². The number of carbonyl (C=O) groups excluding carboxylic acids is 2. The van der Waals surface area contributed by atoms with E-state index in [-0.39, 0.29) is 6.61 Å². The Kier molecular flexibility index (Phi) is 5.26. The molecule has 6 heteroatoms.